The summed E-state index contributed by atoms with van der Waals surface area (Å²) in [7, 11) is -2.51. The third kappa shape index (κ3) is 3.67. The molecule has 0 aliphatic carbocycles. The number of aliphatic carboxylic acids is 1. The summed E-state index contributed by atoms with van der Waals surface area (Å²) < 4.78 is 39.0. The molecule has 112 valence electrons. The van der Waals surface area contributed by atoms with Crippen LogP contribution in [0, 0.1) is 11.7 Å². The number of rotatable bonds is 6. The van der Waals surface area contributed by atoms with Crippen LogP contribution in [-0.4, -0.2) is 32.6 Å². The van der Waals surface area contributed by atoms with Crippen LogP contribution < -0.4 is 10.0 Å². The van der Waals surface area contributed by atoms with Crippen LogP contribution in [0.25, 0.3) is 0 Å². The van der Waals surface area contributed by atoms with Crippen LogP contribution in [0.4, 0.5) is 10.1 Å². The van der Waals surface area contributed by atoms with Gasteiger partial charge in [-0.1, -0.05) is 13.8 Å². The number of hydrogen-bond donors (Lipinski definition) is 3. The average molecular weight is 304 g/mol. The Labute approximate surface area is 117 Å². The molecule has 3 N–H and O–H groups in total. The molecule has 1 rings (SSSR count). The topological polar surface area (TPSA) is 95.5 Å². The van der Waals surface area contributed by atoms with Gasteiger partial charge in [-0.15, -0.1) is 0 Å². The van der Waals surface area contributed by atoms with Gasteiger partial charge in [0.25, 0.3) is 0 Å². The fraction of sp³-hybridized carbons (Fsp3) is 0.417. The second-order valence-electron chi connectivity index (χ2n) is 4.55. The second-order valence-corrected chi connectivity index (χ2v) is 6.44. The number of carboxylic acids is 1. The standard InChI is InChI=1S/C12H17FN2O4S/c1-7(2)11(12(16)17)15-10-5-4-8(6-9(10)13)20(18,19)14-3/h4-7,11,14-15H,1-3H3,(H,16,17)/t11-/m0/s1. The fourth-order valence-corrected chi connectivity index (χ4v) is 2.32. The Morgan fingerprint density at radius 3 is 2.35 bits per heavy atom. The Hall–Kier alpha value is -1.67. The first-order chi connectivity index (χ1) is 9.19. The normalized spacial score (nSPS) is 13.2. The van der Waals surface area contributed by atoms with E-state index in [1.54, 1.807) is 13.8 Å². The number of sulfonamides is 1. The van der Waals surface area contributed by atoms with Gasteiger partial charge >= 0.3 is 5.97 Å². The molecule has 0 heterocycles. The van der Waals surface area contributed by atoms with Gasteiger partial charge in [-0.3, -0.25) is 0 Å². The molecule has 1 atom stereocenters. The zero-order chi connectivity index (χ0) is 15.5. The zero-order valence-corrected chi connectivity index (χ0v) is 12.2. The van der Waals surface area contributed by atoms with Crippen molar-refractivity contribution in [2.45, 2.75) is 24.8 Å². The lowest BCUT2D eigenvalue weighted by atomic mass is 10.0. The summed E-state index contributed by atoms with van der Waals surface area (Å²) >= 11 is 0. The van der Waals surface area contributed by atoms with E-state index in [-0.39, 0.29) is 16.5 Å². The molecule has 0 saturated heterocycles. The molecule has 0 radical (unpaired) electrons. The van der Waals surface area contributed by atoms with Crippen molar-refractivity contribution in [3.63, 3.8) is 0 Å². The van der Waals surface area contributed by atoms with Crippen molar-refractivity contribution in [2.24, 2.45) is 5.92 Å². The smallest absolute Gasteiger partial charge is 0.326 e. The molecule has 0 saturated carbocycles. The lowest BCUT2D eigenvalue weighted by Gasteiger charge is -2.19. The van der Waals surface area contributed by atoms with Crippen LogP contribution in [0.5, 0.6) is 0 Å². The first kappa shape index (κ1) is 16.4. The minimum absolute atomic E-state index is 0.0545. The number of hydrogen-bond acceptors (Lipinski definition) is 4. The van der Waals surface area contributed by atoms with Crippen LogP contribution in [0.3, 0.4) is 0 Å². The van der Waals surface area contributed by atoms with Gasteiger partial charge in [0.2, 0.25) is 10.0 Å². The van der Waals surface area contributed by atoms with Gasteiger partial charge < -0.3 is 10.4 Å². The van der Waals surface area contributed by atoms with Gasteiger partial charge in [-0.25, -0.2) is 22.3 Å². The first-order valence-electron chi connectivity index (χ1n) is 5.91. The second kappa shape index (κ2) is 6.19. The monoisotopic (exact) mass is 304 g/mol. The van der Waals surface area contributed by atoms with E-state index < -0.39 is 27.9 Å². The molecule has 20 heavy (non-hydrogen) atoms. The maximum Gasteiger partial charge on any atom is 0.326 e. The molecule has 0 fully saturated rings. The summed E-state index contributed by atoms with van der Waals surface area (Å²) in [6, 6.07) is 2.29. The van der Waals surface area contributed by atoms with Gasteiger partial charge in [0.05, 0.1) is 10.6 Å². The SMILES string of the molecule is CNS(=O)(=O)c1ccc(N[C@H](C(=O)O)C(C)C)c(F)c1. The molecule has 1 aromatic carbocycles. The van der Waals surface area contributed by atoms with E-state index in [0.717, 1.165) is 6.07 Å². The van der Waals surface area contributed by atoms with Crippen molar-refractivity contribution in [2.75, 3.05) is 12.4 Å². The summed E-state index contributed by atoms with van der Waals surface area (Å²) in [6.07, 6.45) is 0. The Bertz CT molecular complexity index is 601. The van der Waals surface area contributed by atoms with Crippen molar-refractivity contribution in [1.29, 1.82) is 0 Å². The van der Waals surface area contributed by atoms with Gasteiger partial charge in [0.15, 0.2) is 0 Å². The van der Waals surface area contributed by atoms with Gasteiger partial charge in [0, 0.05) is 0 Å². The van der Waals surface area contributed by atoms with E-state index in [0.29, 0.717) is 0 Å². The van der Waals surface area contributed by atoms with E-state index >= 15 is 0 Å². The number of nitrogens with one attached hydrogen (secondary N) is 2. The molecular weight excluding hydrogens is 287 g/mol. The quantitative estimate of drug-likeness (QED) is 0.735. The molecule has 0 spiro atoms. The Morgan fingerprint density at radius 1 is 1.35 bits per heavy atom. The van der Waals surface area contributed by atoms with Crippen LogP contribution in [0.1, 0.15) is 13.8 Å². The van der Waals surface area contributed by atoms with E-state index in [4.69, 9.17) is 5.11 Å². The molecule has 0 unspecified atom stereocenters. The number of halogens is 1. The third-order valence-electron chi connectivity index (χ3n) is 2.76. The largest absolute Gasteiger partial charge is 0.480 e. The summed E-state index contributed by atoms with van der Waals surface area (Å²) in [5.41, 5.74) is -0.0545. The van der Waals surface area contributed by atoms with Crippen LogP contribution >= 0.6 is 0 Å². The lowest BCUT2D eigenvalue weighted by Crippen LogP contribution is -2.34. The molecule has 0 aromatic heterocycles. The van der Waals surface area contributed by atoms with E-state index in [9.17, 15) is 17.6 Å². The summed E-state index contributed by atoms with van der Waals surface area (Å²) in [5, 5.41) is 11.6. The molecule has 6 nitrogen and oxygen atoms in total. The number of carboxylic acid groups (broad SMARTS) is 1. The van der Waals surface area contributed by atoms with Crippen LogP contribution in [-0.2, 0) is 14.8 Å². The fourth-order valence-electron chi connectivity index (χ4n) is 1.58. The average Bonchev–Trinajstić information content (AvgIpc) is 2.36. The van der Waals surface area contributed by atoms with Crippen molar-refractivity contribution in [1.82, 2.24) is 4.72 Å². The van der Waals surface area contributed by atoms with Crippen molar-refractivity contribution < 1.29 is 22.7 Å². The molecular formula is C12H17FN2O4S. The number of carbonyl (C=O) groups is 1. The van der Waals surface area contributed by atoms with Crippen LogP contribution in [0.15, 0.2) is 23.1 Å². The molecule has 1 aromatic rings. The van der Waals surface area contributed by atoms with Crippen molar-refractivity contribution in [3.05, 3.63) is 24.0 Å². The number of anilines is 1. The van der Waals surface area contributed by atoms with Gasteiger partial charge in [-0.2, -0.15) is 0 Å². The zero-order valence-electron chi connectivity index (χ0n) is 11.3. The molecule has 0 aliphatic rings. The Morgan fingerprint density at radius 2 is 1.95 bits per heavy atom. The minimum Gasteiger partial charge on any atom is -0.480 e. The molecule has 0 amide bonds. The van der Waals surface area contributed by atoms with E-state index in [2.05, 4.69) is 10.0 Å². The maximum absolute atomic E-state index is 13.9. The lowest BCUT2D eigenvalue weighted by molar-refractivity contribution is -0.138. The highest BCUT2D eigenvalue weighted by Crippen LogP contribution is 2.21. The third-order valence-corrected chi connectivity index (χ3v) is 4.18. The summed E-state index contributed by atoms with van der Waals surface area (Å²) in [6.45, 7) is 3.37. The maximum atomic E-state index is 13.9. The highest BCUT2D eigenvalue weighted by atomic mass is 32.2. The Kier molecular flexibility index (Phi) is 5.07. The highest BCUT2D eigenvalue weighted by molar-refractivity contribution is 7.89. The molecule has 8 heteroatoms. The van der Waals surface area contributed by atoms with E-state index in [1.165, 1.54) is 19.2 Å². The van der Waals surface area contributed by atoms with Gasteiger partial charge in [0.1, 0.15) is 11.9 Å². The highest BCUT2D eigenvalue weighted by Gasteiger charge is 2.23. The first-order valence-corrected chi connectivity index (χ1v) is 7.39. The van der Waals surface area contributed by atoms with E-state index in [1.807, 2.05) is 0 Å². The Balaban J connectivity index is 3.08. The molecule has 0 bridgehead atoms. The minimum atomic E-state index is -3.73. The summed E-state index contributed by atoms with van der Waals surface area (Å²) in [4.78, 5) is 10.8. The predicted molar refractivity (Wildman–Crippen MR) is 72.5 cm³/mol. The van der Waals surface area contributed by atoms with Crippen molar-refractivity contribution >= 4 is 21.7 Å². The van der Waals surface area contributed by atoms with Crippen molar-refractivity contribution in [3.8, 4) is 0 Å². The predicted octanol–water partition coefficient (Wildman–Crippen LogP) is 1.25. The van der Waals surface area contributed by atoms with Crippen LogP contribution in [0.2, 0.25) is 0 Å². The number of benzene rings is 1. The van der Waals surface area contributed by atoms with Gasteiger partial charge in [-0.05, 0) is 31.2 Å². The summed E-state index contributed by atoms with van der Waals surface area (Å²) in [5.74, 6) is -2.19. The molecule has 0 aliphatic heterocycles.